The maximum absolute atomic E-state index is 11.6. The number of hydrogen-bond acceptors (Lipinski definition) is 4. The smallest absolute Gasteiger partial charge is 0.310 e. The van der Waals surface area contributed by atoms with Crippen molar-refractivity contribution >= 4 is 11.9 Å². The Hall–Kier alpha value is -1.10. The van der Waals surface area contributed by atoms with Gasteiger partial charge in [-0.3, -0.25) is 9.59 Å². The summed E-state index contributed by atoms with van der Waals surface area (Å²) in [5, 5.41) is 12.7. The number of nitrogens with one attached hydrogen (secondary N) is 1. The minimum absolute atomic E-state index is 0.0156. The summed E-state index contributed by atoms with van der Waals surface area (Å²) in [6, 6.07) is 0. The van der Waals surface area contributed by atoms with Crippen molar-refractivity contribution < 1.29 is 19.4 Å². The van der Waals surface area contributed by atoms with Crippen LogP contribution in [0.2, 0.25) is 0 Å². The summed E-state index contributed by atoms with van der Waals surface area (Å²) in [5.41, 5.74) is -0.952. The first-order valence-corrected chi connectivity index (χ1v) is 6.16. The first kappa shape index (κ1) is 14.0. The predicted molar refractivity (Wildman–Crippen MR) is 62.6 cm³/mol. The number of carboxylic acid groups (broad SMARTS) is 1. The van der Waals surface area contributed by atoms with Gasteiger partial charge in [-0.2, -0.15) is 0 Å². The average Bonchev–Trinajstić information content (AvgIpc) is 2.29. The molecule has 17 heavy (non-hydrogen) atoms. The zero-order valence-electron chi connectivity index (χ0n) is 10.5. The second-order valence-corrected chi connectivity index (χ2v) is 4.50. The van der Waals surface area contributed by atoms with E-state index < -0.39 is 17.4 Å². The number of ether oxygens (including phenoxy) is 1. The van der Waals surface area contributed by atoms with Crippen molar-refractivity contribution in [3.05, 3.63) is 0 Å². The highest BCUT2D eigenvalue weighted by molar-refractivity contribution is 5.82. The topological polar surface area (TPSA) is 75.6 Å². The Morgan fingerprint density at radius 3 is 2.71 bits per heavy atom. The lowest BCUT2D eigenvalue weighted by Crippen LogP contribution is -2.50. The highest BCUT2D eigenvalue weighted by Crippen LogP contribution is 2.40. The maximum Gasteiger partial charge on any atom is 0.310 e. The molecule has 0 aromatic heterocycles. The van der Waals surface area contributed by atoms with Crippen LogP contribution < -0.4 is 5.32 Å². The van der Waals surface area contributed by atoms with E-state index in [4.69, 9.17) is 4.74 Å². The molecule has 0 radical (unpaired) electrons. The molecule has 98 valence electrons. The molecule has 1 heterocycles. The predicted octanol–water partition coefficient (Wildman–Crippen LogP) is 1.03. The van der Waals surface area contributed by atoms with Crippen LogP contribution in [0.15, 0.2) is 0 Å². The second-order valence-electron chi connectivity index (χ2n) is 4.50. The molecule has 1 rings (SSSR count). The third-order valence-corrected chi connectivity index (χ3v) is 3.60. The van der Waals surface area contributed by atoms with E-state index >= 15 is 0 Å². The van der Waals surface area contributed by atoms with E-state index in [2.05, 4.69) is 5.32 Å². The Morgan fingerprint density at radius 1 is 1.47 bits per heavy atom. The van der Waals surface area contributed by atoms with Gasteiger partial charge < -0.3 is 15.2 Å². The molecule has 1 fully saturated rings. The first-order valence-electron chi connectivity index (χ1n) is 6.16. The lowest BCUT2D eigenvalue weighted by molar-refractivity contribution is -0.163. The highest BCUT2D eigenvalue weighted by Gasteiger charge is 2.48. The third kappa shape index (κ3) is 2.97. The standard InChI is InChI=1S/C12H21NO4/c1-3-9-8-13-6-5-12(9,11(15)16)7-10(14)17-4-2/h9,13H,3-8H2,1-2H3,(H,15,16)/t9-,12-/m1/s1. The molecular formula is C12H21NO4. The van der Waals surface area contributed by atoms with Gasteiger partial charge in [-0.25, -0.2) is 0 Å². The van der Waals surface area contributed by atoms with Gasteiger partial charge in [-0.1, -0.05) is 13.3 Å². The van der Waals surface area contributed by atoms with E-state index in [1.165, 1.54) is 0 Å². The van der Waals surface area contributed by atoms with Crippen molar-refractivity contribution in [2.45, 2.75) is 33.1 Å². The van der Waals surface area contributed by atoms with Crippen molar-refractivity contribution in [1.82, 2.24) is 5.32 Å². The monoisotopic (exact) mass is 243 g/mol. The van der Waals surface area contributed by atoms with Gasteiger partial charge in [0.05, 0.1) is 18.4 Å². The molecule has 2 N–H and O–H groups in total. The number of rotatable bonds is 5. The zero-order chi connectivity index (χ0) is 12.9. The summed E-state index contributed by atoms with van der Waals surface area (Å²) in [6.45, 7) is 5.28. The molecule has 0 amide bonds. The number of hydrogen-bond donors (Lipinski definition) is 2. The largest absolute Gasteiger partial charge is 0.481 e. The summed E-state index contributed by atoms with van der Waals surface area (Å²) < 4.78 is 4.89. The van der Waals surface area contributed by atoms with Crippen molar-refractivity contribution in [2.24, 2.45) is 11.3 Å². The van der Waals surface area contributed by atoms with Crippen molar-refractivity contribution in [2.75, 3.05) is 19.7 Å². The van der Waals surface area contributed by atoms with Crippen LogP contribution in [0.4, 0.5) is 0 Å². The van der Waals surface area contributed by atoms with Gasteiger partial charge in [0.2, 0.25) is 0 Å². The van der Waals surface area contributed by atoms with E-state index in [0.29, 0.717) is 26.1 Å². The van der Waals surface area contributed by atoms with Gasteiger partial charge in [-0.05, 0) is 32.4 Å². The summed E-state index contributed by atoms with van der Waals surface area (Å²) in [7, 11) is 0. The van der Waals surface area contributed by atoms with Gasteiger partial charge in [0.15, 0.2) is 0 Å². The number of carbonyl (C=O) groups is 2. The van der Waals surface area contributed by atoms with E-state index in [-0.39, 0.29) is 12.3 Å². The van der Waals surface area contributed by atoms with Crippen LogP contribution in [0.3, 0.4) is 0 Å². The summed E-state index contributed by atoms with van der Waals surface area (Å²) in [6.07, 6.45) is 1.22. The number of aliphatic carboxylic acids is 1. The van der Waals surface area contributed by atoms with Crippen LogP contribution >= 0.6 is 0 Å². The molecular weight excluding hydrogens is 222 g/mol. The summed E-state index contributed by atoms with van der Waals surface area (Å²) in [5.74, 6) is -1.30. The number of carboxylic acids is 1. The minimum atomic E-state index is -0.952. The SMILES string of the molecule is CCOC(=O)C[C@]1(C(=O)O)CCNC[C@H]1CC. The molecule has 0 unspecified atom stereocenters. The van der Waals surface area contributed by atoms with Crippen LogP contribution in [-0.2, 0) is 14.3 Å². The van der Waals surface area contributed by atoms with Gasteiger partial charge >= 0.3 is 11.9 Å². The Bertz CT molecular complexity index is 292. The minimum Gasteiger partial charge on any atom is -0.481 e. The van der Waals surface area contributed by atoms with Gasteiger partial charge in [0.1, 0.15) is 0 Å². The molecule has 5 heteroatoms. The van der Waals surface area contributed by atoms with E-state index in [1.54, 1.807) is 6.92 Å². The molecule has 1 saturated heterocycles. The molecule has 0 saturated carbocycles. The number of carbonyl (C=O) groups excluding carboxylic acids is 1. The molecule has 1 aliphatic rings. The fraction of sp³-hybridized carbons (Fsp3) is 0.833. The lowest BCUT2D eigenvalue weighted by Gasteiger charge is -2.40. The van der Waals surface area contributed by atoms with Crippen LogP contribution in [0.5, 0.6) is 0 Å². The van der Waals surface area contributed by atoms with Crippen LogP contribution in [0.1, 0.15) is 33.1 Å². The second kappa shape index (κ2) is 6.00. The van der Waals surface area contributed by atoms with E-state index in [1.807, 2.05) is 6.92 Å². The normalized spacial score (nSPS) is 28.7. The van der Waals surface area contributed by atoms with Crippen molar-refractivity contribution in [3.8, 4) is 0 Å². The average molecular weight is 243 g/mol. The van der Waals surface area contributed by atoms with Crippen LogP contribution in [0.25, 0.3) is 0 Å². The fourth-order valence-corrected chi connectivity index (χ4v) is 2.58. The lowest BCUT2D eigenvalue weighted by atomic mass is 9.67. The molecule has 2 atom stereocenters. The van der Waals surface area contributed by atoms with Crippen molar-refractivity contribution in [1.29, 1.82) is 0 Å². The number of esters is 1. The maximum atomic E-state index is 11.6. The molecule has 1 aliphatic heterocycles. The Balaban J connectivity index is 2.86. The summed E-state index contributed by atoms with van der Waals surface area (Å²) in [4.78, 5) is 23.1. The molecule has 0 aromatic rings. The molecule has 0 aliphatic carbocycles. The number of piperidine rings is 1. The molecule has 0 bridgehead atoms. The Kier molecular flexibility index (Phi) is 4.93. The van der Waals surface area contributed by atoms with Gasteiger partial charge in [0, 0.05) is 0 Å². The first-order chi connectivity index (χ1) is 8.06. The van der Waals surface area contributed by atoms with Crippen LogP contribution in [-0.4, -0.2) is 36.7 Å². The molecule has 5 nitrogen and oxygen atoms in total. The zero-order valence-corrected chi connectivity index (χ0v) is 10.5. The van der Waals surface area contributed by atoms with Crippen molar-refractivity contribution in [3.63, 3.8) is 0 Å². The Morgan fingerprint density at radius 2 is 2.18 bits per heavy atom. The fourth-order valence-electron chi connectivity index (χ4n) is 2.58. The van der Waals surface area contributed by atoms with E-state index in [0.717, 1.165) is 6.42 Å². The highest BCUT2D eigenvalue weighted by atomic mass is 16.5. The van der Waals surface area contributed by atoms with Gasteiger partial charge in [-0.15, -0.1) is 0 Å². The molecule has 0 spiro atoms. The Labute approximate surface area is 102 Å². The molecule has 0 aromatic carbocycles. The van der Waals surface area contributed by atoms with Crippen LogP contribution in [0, 0.1) is 11.3 Å². The summed E-state index contributed by atoms with van der Waals surface area (Å²) >= 11 is 0. The van der Waals surface area contributed by atoms with E-state index in [9.17, 15) is 14.7 Å². The third-order valence-electron chi connectivity index (χ3n) is 3.60. The quantitative estimate of drug-likeness (QED) is 0.705. The van der Waals surface area contributed by atoms with Gasteiger partial charge in [0.25, 0.3) is 0 Å².